The highest BCUT2D eigenvalue weighted by Crippen LogP contribution is 2.38. The quantitative estimate of drug-likeness (QED) is 0.858. The zero-order valence-corrected chi connectivity index (χ0v) is 12.8. The number of halogens is 1. The Labute approximate surface area is 120 Å². The highest BCUT2D eigenvalue weighted by atomic mass is 79.9. The summed E-state index contributed by atoms with van der Waals surface area (Å²) in [5.74, 6) is 0. The molecule has 0 bridgehead atoms. The molecule has 94 valence electrons. The maximum absolute atomic E-state index is 3.62. The van der Waals surface area contributed by atoms with Crippen molar-refractivity contribution >= 4 is 27.3 Å². The largest absolute Gasteiger partial charge is 0.310 e. The summed E-state index contributed by atoms with van der Waals surface area (Å²) >= 11 is 5.42. The van der Waals surface area contributed by atoms with E-state index in [4.69, 9.17) is 0 Å². The van der Waals surface area contributed by atoms with E-state index < -0.39 is 0 Å². The average molecular weight is 322 g/mol. The molecular formula is C15H16BrNS. The molecule has 0 radical (unpaired) electrons. The summed E-state index contributed by atoms with van der Waals surface area (Å²) in [6.45, 7) is 3.22. The number of rotatable bonds is 3. The van der Waals surface area contributed by atoms with Crippen LogP contribution in [0.2, 0.25) is 0 Å². The Kier molecular flexibility index (Phi) is 3.55. The van der Waals surface area contributed by atoms with E-state index in [1.54, 1.807) is 11.3 Å². The molecule has 1 aromatic carbocycles. The van der Waals surface area contributed by atoms with E-state index in [-0.39, 0.29) is 0 Å². The summed E-state index contributed by atoms with van der Waals surface area (Å²) in [7, 11) is 0. The highest BCUT2D eigenvalue weighted by molar-refractivity contribution is 9.10. The first kappa shape index (κ1) is 12.4. The van der Waals surface area contributed by atoms with Gasteiger partial charge in [-0.25, -0.2) is 0 Å². The minimum Gasteiger partial charge on any atom is -0.310 e. The SMILES string of the molecule is CCNC1CCc2cc(-c3sccc3Br)ccc21. The van der Waals surface area contributed by atoms with Crippen molar-refractivity contribution in [3.63, 3.8) is 0 Å². The lowest BCUT2D eigenvalue weighted by atomic mass is 10.0. The molecule has 1 aromatic heterocycles. The van der Waals surface area contributed by atoms with Crippen molar-refractivity contribution < 1.29 is 0 Å². The molecule has 0 amide bonds. The van der Waals surface area contributed by atoms with Gasteiger partial charge in [0.25, 0.3) is 0 Å². The third kappa shape index (κ3) is 2.15. The summed E-state index contributed by atoms with van der Waals surface area (Å²) in [4.78, 5) is 1.34. The number of nitrogens with one attached hydrogen (secondary N) is 1. The molecule has 2 aromatic rings. The molecule has 3 heteroatoms. The Morgan fingerprint density at radius 1 is 1.39 bits per heavy atom. The van der Waals surface area contributed by atoms with E-state index in [9.17, 15) is 0 Å². The van der Waals surface area contributed by atoms with Crippen molar-refractivity contribution in [2.75, 3.05) is 6.54 Å². The van der Waals surface area contributed by atoms with Crippen LogP contribution < -0.4 is 5.32 Å². The van der Waals surface area contributed by atoms with Crippen LogP contribution in [0.4, 0.5) is 0 Å². The van der Waals surface area contributed by atoms with Gasteiger partial charge in [0.2, 0.25) is 0 Å². The number of aryl methyl sites for hydroxylation is 1. The molecule has 1 nitrogen and oxygen atoms in total. The van der Waals surface area contributed by atoms with Gasteiger partial charge < -0.3 is 5.32 Å². The van der Waals surface area contributed by atoms with E-state index in [0.29, 0.717) is 6.04 Å². The molecule has 1 atom stereocenters. The van der Waals surface area contributed by atoms with E-state index in [1.165, 1.54) is 38.9 Å². The predicted molar refractivity (Wildman–Crippen MR) is 82.2 cm³/mol. The van der Waals surface area contributed by atoms with Gasteiger partial charge in [0.05, 0.1) is 0 Å². The van der Waals surface area contributed by atoms with Gasteiger partial charge in [-0.1, -0.05) is 19.1 Å². The van der Waals surface area contributed by atoms with E-state index in [1.807, 2.05) is 0 Å². The second-order valence-corrected chi connectivity index (χ2v) is 6.43. The van der Waals surface area contributed by atoms with Crippen molar-refractivity contribution in [1.29, 1.82) is 0 Å². The Morgan fingerprint density at radius 3 is 3.00 bits per heavy atom. The fourth-order valence-corrected chi connectivity index (χ4v) is 4.32. The van der Waals surface area contributed by atoms with Crippen LogP contribution in [0, 0.1) is 0 Å². The van der Waals surface area contributed by atoms with Crippen molar-refractivity contribution in [1.82, 2.24) is 5.32 Å². The molecule has 1 heterocycles. The smallest absolute Gasteiger partial charge is 0.0484 e. The van der Waals surface area contributed by atoms with Crippen LogP contribution in [0.15, 0.2) is 34.1 Å². The molecule has 1 aliphatic carbocycles. The average Bonchev–Trinajstić information content (AvgIpc) is 2.96. The Morgan fingerprint density at radius 2 is 2.28 bits per heavy atom. The monoisotopic (exact) mass is 321 g/mol. The lowest BCUT2D eigenvalue weighted by Gasteiger charge is -2.12. The summed E-state index contributed by atoms with van der Waals surface area (Å²) in [5, 5.41) is 5.69. The molecule has 1 aliphatic rings. The topological polar surface area (TPSA) is 12.0 Å². The molecular weight excluding hydrogens is 306 g/mol. The maximum Gasteiger partial charge on any atom is 0.0484 e. The van der Waals surface area contributed by atoms with Gasteiger partial charge in [0.1, 0.15) is 0 Å². The second-order valence-electron chi connectivity index (χ2n) is 4.66. The maximum atomic E-state index is 3.62. The number of thiophene rings is 1. The van der Waals surface area contributed by atoms with Crippen LogP contribution in [0.5, 0.6) is 0 Å². The summed E-state index contributed by atoms with van der Waals surface area (Å²) < 4.78 is 1.20. The van der Waals surface area contributed by atoms with E-state index in [0.717, 1.165) is 6.54 Å². The molecule has 0 spiro atoms. The molecule has 0 saturated carbocycles. The fourth-order valence-electron chi connectivity index (χ4n) is 2.72. The number of hydrogen-bond donors (Lipinski definition) is 1. The summed E-state index contributed by atoms with van der Waals surface area (Å²) in [6.07, 6.45) is 2.43. The first-order chi connectivity index (χ1) is 8.79. The molecule has 0 aliphatic heterocycles. The second kappa shape index (κ2) is 5.16. The van der Waals surface area contributed by atoms with Gasteiger partial charge in [-0.3, -0.25) is 0 Å². The van der Waals surface area contributed by atoms with Crippen molar-refractivity contribution in [2.24, 2.45) is 0 Å². The third-order valence-corrected chi connectivity index (χ3v) is 5.44. The fraction of sp³-hybridized carbons (Fsp3) is 0.333. The van der Waals surface area contributed by atoms with Crippen LogP contribution in [0.3, 0.4) is 0 Å². The van der Waals surface area contributed by atoms with Crippen LogP contribution >= 0.6 is 27.3 Å². The van der Waals surface area contributed by atoms with Gasteiger partial charge in [-0.2, -0.15) is 0 Å². The van der Waals surface area contributed by atoms with Crippen molar-refractivity contribution in [3.05, 3.63) is 45.2 Å². The normalized spacial score (nSPS) is 18.0. The predicted octanol–water partition coefficient (Wildman–Crippen LogP) is 4.77. The van der Waals surface area contributed by atoms with Crippen LogP contribution in [0.25, 0.3) is 10.4 Å². The molecule has 0 saturated heterocycles. The molecule has 1 unspecified atom stereocenters. The lowest BCUT2D eigenvalue weighted by molar-refractivity contribution is 0.549. The van der Waals surface area contributed by atoms with Crippen LogP contribution in [0.1, 0.15) is 30.5 Å². The molecule has 1 N–H and O–H groups in total. The zero-order chi connectivity index (χ0) is 12.5. The first-order valence-electron chi connectivity index (χ1n) is 6.39. The molecule has 3 rings (SSSR count). The molecule has 18 heavy (non-hydrogen) atoms. The van der Waals surface area contributed by atoms with E-state index >= 15 is 0 Å². The Bertz CT molecular complexity index is 561. The van der Waals surface area contributed by atoms with Gasteiger partial charge in [-0.15, -0.1) is 11.3 Å². The first-order valence-corrected chi connectivity index (χ1v) is 8.06. The van der Waals surface area contributed by atoms with Gasteiger partial charge >= 0.3 is 0 Å². The Hall–Kier alpha value is -0.640. The lowest BCUT2D eigenvalue weighted by Crippen LogP contribution is -2.18. The van der Waals surface area contributed by atoms with Crippen LogP contribution in [-0.2, 0) is 6.42 Å². The third-order valence-electron chi connectivity index (χ3n) is 3.55. The number of fused-ring (bicyclic) bond motifs is 1. The highest BCUT2D eigenvalue weighted by Gasteiger charge is 2.22. The standard InChI is InChI=1S/C15H16BrNS/c1-2-17-14-6-4-10-9-11(3-5-12(10)14)15-13(16)7-8-18-15/h3,5,7-9,14,17H,2,4,6H2,1H3. The minimum absolute atomic E-state index is 0.561. The number of benzene rings is 1. The van der Waals surface area contributed by atoms with Gasteiger partial charge in [0.15, 0.2) is 0 Å². The van der Waals surface area contributed by atoms with Crippen molar-refractivity contribution in [2.45, 2.75) is 25.8 Å². The minimum atomic E-state index is 0.561. The summed E-state index contributed by atoms with van der Waals surface area (Å²) in [5.41, 5.74) is 4.35. The van der Waals surface area contributed by atoms with Crippen molar-refractivity contribution in [3.8, 4) is 10.4 Å². The van der Waals surface area contributed by atoms with Gasteiger partial charge in [-0.05, 0) is 69.5 Å². The Balaban J connectivity index is 1.96. The van der Waals surface area contributed by atoms with Crippen LogP contribution in [-0.4, -0.2) is 6.54 Å². The van der Waals surface area contributed by atoms with Gasteiger partial charge in [0, 0.05) is 15.4 Å². The molecule has 0 fully saturated rings. The van der Waals surface area contributed by atoms with E-state index in [2.05, 4.69) is 57.8 Å². The number of hydrogen-bond acceptors (Lipinski definition) is 2. The summed E-state index contributed by atoms with van der Waals surface area (Å²) in [6, 6.07) is 9.60. The zero-order valence-electron chi connectivity index (χ0n) is 10.4.